The second kappa shape index (κ2) is 6.14. The van der Waals surface area contributed by atoms with Crippen molar-refractivity contribution in [2.75, 3.05) is 6.54 Å². The summed E-state index contributed by atoms with van der Waals surface area (Å²) in [6.07, 6.45) is 3.39. The van der Waals surface area contributed by atoms with Crippen LogP contribution >= 0.6 is 0 Å². The van der Waals surface area contributed by atoms with Gasteiger partial charge < -0.3 is 5.73 Å². The highest BCUT2D eigenvalue weighted by Crippen LogP contribution is 2.36. The minimum absolute atomic E-state index is 0.0713. The SMILES string of the molecule is CCC1(NS(=O)(=O)c2ccc(C#CCN)c(F)c2)CCC1. The zero-order valence-corrected chi connectivity index (χ0v) is 12.8. The Labute approximate surface area is 125 Å². The van der Waals surface area contributed by atoms with E-state index < -0.39 is 15.8 Å². The average Bonchev–Trinajstić information content (AvgIpc) is 2.41. The molecule has 0 radical (unpaired) electrons. The van der Waals surface area contributed by atoms with Gasteiger partial charge in [0, 0.05) is 5.54 Å². The number of sulfonamides is 1. The normalized spacial score (nSPS) is 16.7. The quantitative estimate of drug-likeness (QED) is 0.832. The number of hydrogen-bond donors (Lipinski definition) is 2. The van der Waals surface area contributed by atoms with E-state index in [1.807, 2.05) is 6.92 Å². The van der Waals surface area contributed by atoms with Crippen molar-refractivity contribution in [1.29, 1.82) is 0 Å². The fraction of sp³-hybridized carbons (Fsp3) is 0.467. The summed E-state index contributed by atoms with van der Waals surface area (Å²) < 4.78 is 41.3. The predicted molar refractivity (Wildman–Crippen MR) is 79.5 cm³/mol. The van der Waals surface area contributed by atoms with Crippen molar-refractivity contribution in [1.82, 2.24) is 4.72 Å². The van der Waals surface area contributed by atoms with Gasteiger partial charge in [-0.25, -0.2) is 17.5 Å². The molecule has 0 aliphatic heterocycles. The third-order valence-electron chi connectivity index (χ3n) is 3.91. The molecule has 1 aromatic rings. The van der Waals surface area contributed by atoms with E-state index in [4.69, 9.17) is 5.73 Å². The summed E-state index contributed by atoms with van der Waals surface area (Å²) in [6, 6.07) is 3.74. The van der Waals surface area contributed by atoms with Gasteiger partial charge >= 0.3 is 0 Å². The molecular weight excluding hydrogens is 291 g/mol. The van der Waals surface area contributed by atoms with Crippen LogP contribution in [0.3, 0.4) is 0 Å². The Balaban J connectivity index is 2.26. The Morgan fingerprint density at radius 2 is 2.14 bits per heavy atom. The van der Waals surface area contributed by atoms with E-state index in [1.165, 1.54) is 12.1 Å². The maximum absolute atomic E-state index is 13.9. The fourth-order valence-corrected chi connectivity index (χ4v) is 3.93. The van der Waals surface area contributed by atoms with Crippen LogP contribution in [0.25, 0.3) is 0 Å². The molecule has 0 atom stereocenters. The monoisotopic (exact) mass is 310 g/mol. The molecule has 2 rings (SSSR count). The van der Waals surface area contributed by atoms with Crippen LogP contribution < -0.4 is 10.5 Å². The van der Waals surface area contributed by atoms with Gasteiger partial charge in [-0.05, 0) is 43.9 Å². The molecule has 1 aromatic carbocycles. The lowest BCUT2D eigenvalue weighted by molar-refractivity contribution is 0.214. The van der Waals surface area contributed by atoms with Crippen molar-refractivity contribution in [3.8, 4) is 11.8 Å². The summed E-state index contributed by atoms with van der Waals surface area (Å²) in [5, 5.41) is 0. The van der Waals surface area contributed by atoms with Crippen molar-refractivity contribution < 1.29 is 12.8 Å². The van der Waals surface area contributed by atoms with Gasteiger partial charge in [-0.1, -0.05) is 18.8 Å². The number of nitrogens with two attached hydrogens (primary N) is 1. The van der Waals surface area contributed by atoms with Crippen LogP contribution in [0.5, 0.6) is 0 Å². The molecular formula is C15H19FN2O2S. The third kappa shape index (κ3) is 3.43. The van der Waals surface area contributed by atoms with E-state index in [0.717, 1.165) is 31.7 Å². The van der Waals surface area contributed by atoms with Crippen molar-refractivity contribution in [3.63, 3.8) is 0 Å². The molecule has 0 unspecified atom stereocenters. The predicted octanol–water partition coefficient (Wildman–Crippen LogP) is 1.75. The maximum Gasteiger partial charge on any atom is 0.241 e. The fourth-order valence-electron chi connectivity index (χ4n) is 2.39. The largest absolute Gasteiger partial charge is 0.320 e. The van der Waals surface area contributed by atoms with Gasteiger partial charge in [0.05, 0.1) is 17.0 Å². The van der Waals surface area contributed by atoms with Crippen LogP contribution in [0.4, 0.5) is 4.39 Å². The molecule has 21 heavy (non-hydrogen) atoms. The molecule has 6 heteroatoms. The first-order chi connectivity index (χ1) is 9.92. The van der Waals surface area contributed by atoms with Crippen LogP contribution in [0.1, 0.15) is 38.2 Å². The van der Waals surface area contributed by atoms with Crippen LogP contribution in [0, 0.1) is 17.7 Å². The van der Waals surface area contributed by atoms with Gasteiger partial charge in [-0.3, -0.25) is 0 Å². The first-order valence-corrected chi connectivity index (χ1v) is 8.43. The third-order valence-corrected chi connectivity index (χ3v) is 5.49. The second-order valence-corrected chi connectivity index (χ2v) is 6.92. The van der Waals surface area contributed by atoms with Crippen LogP contribution in [0.15, 0.2) is 23.1 Å². The number of nitrogens with one attached hydrogen (secondary N) is 1. The van der Waals surface area contributed by atoms with E-state index in [-0.39, 0.29) is 22.5 Å². The number of halogens is 1. The molecule has 114 valence electrons. The number of hydrogen-bond acceptors (Lipinski definition) is 3. The number of benzene rings is 1. The summed E-state index contributed by atoms with van der Waals surface area (Å²) in [7, 11) is -3.71. The lowest BCUT2D eigenvalue weighted by atomic mass is 9.76. The first-order valence-electron chi connectivity index (χ1n) is 6.95. The van der Waals surface area contributed by atoms with Crippen molar-refractivity contribution >= 4 is 10.0 Å². The molecule has 0 saturated heterocycles. The zero-order valence-electron chi connectivity index (χ0n) is 11.9. The van der Waals surface area contributed by atoms with E-state index in [0.29, 0.717) is 0 Å². The summed E-state index contributed by atoms with van der Waals surface area (Å²) in [5.74, 6) is 4.46. The van der Waals surface area contributed by atoms with Crippen molar-refractivity contribution in [3.05, 3.63) is 29.6 Å². The van der Waals surface area contributed by atoms with Gasteiger partial charge in [0.25, 0.3) is 0 Å². The minimum Gasteiger partial charge on any atom is -0.320 e. The number of rotatable bonds is 4. The van der Waals surface area contributed by atoms with Gasteiger partial charge in [0.1, 0.15) is 5.82 Å². The van der Waals surface area contributed by atoms with E-state index in [2.05, 4.69) is 16.6 Å². The highest BCUT2D eigenvalue weighted by molar-refractivity contribution is 7.89. The van der Waals surface area contributed by atoms with Crippen molar-refractivity contribution in [2.24, 2.45) is 5.73 Å². The van der Waals surface area contributed by atoms with E-state index in [1.54, 1.807) is 0 Å². The Kier molecular flexibility index (Phi) is 4.67. The topological polar surface area (TPSA) is 72.2 Å². The van der Waals surface area contributed by atoms with Gasteiger partial charge in [0.2, 0.25) is 10.0 Å². The van der Waals surface area contributed by atoms with Gasteiger partial charge in [-0.2, -0.15) is 0 Å². The molecule has 0 bridgehead atoms. The summed E-state index contributed by atoms with van der Waals surface area (Å²) >= 11 is 0. The van der Waals surface area contributed by atoms with E-state index >= 15 is 0 Å². The Morgan fingerprint density at radius 1 is 1.43 bits per heavy atom. The molecule has 0 aromatic heterocycles. The highest BCUT2D eigenvalue weighted by atomic mass is 32.2. The van der Waals surface area contributed by atoms with Gasteiger partial charge in [-0.15, -0.1) is 0 Å². The van der Waals surface area contributed by atoms with Gasteiger partial charge in [0.15, 0.2) is 0 Å². The molecule has 1 saturated carbocycles. The molecule has 1 aliphatic carbocycles. The highest BCUT2D eigenvalue weighted by Gasteiger charge is 2.39. The van der Waals surface area contributed by atoms with Crippen LogP contribution in [-0.2, 0) is 10.0 Å². The first kappa shape index (κ1) is 16.0. The minimum atomic E-state index is -3.71. The molecule has 1 aliphatic rings. The Morgan fingerprint density at radius 3 is 2.62 bits per heavy atom. The van der Waals surface area contributed by atoms with Crippen LogP contribution in [-0.4, -0.2) is 20.5 Å². The molecule has 4 nitrogen and oxygen atoms in total. The molecule has 1 fully saturated rings. The summed E-state index contributed by atoms with van der Waals surface area (Å²) in [5.41, 5.74) is 5.01. The molecule has 0 spiro atoms. The smallest absolute Gasteiger partial charge is 0.241 e. The van der Waals surface area contributed by atoms with E-state index in [9.17, 15) is 12.8 Å². The Bertz CT molecular complexity index is 680. The van der Waals surface area contributed by atoms with Crippen molar-refractivity contribution in [2.45, 2.75) is 43.0 Å². The lowest BCUT2D eigenvalue weighted by Crippen LogP contribution is -2.52. The molecule has 0 amide bonds. The maximum atomic E-state index is 13.9. The lowest BCUT2D eigenvalue weighted by Gasteiger charge is -2.41. The Hall–Kier alpha value is -1.42. The van der Waals surface area contributed by atoms with Crippen LogP contribution in [0.2, 0.25) is 0 Å². The zero-order chi connectivity index (χ0) is 15.5. The summed E-state index contributed by atoms with van der Waals surface area (Å²) in [6.45, 7) is 2.08. The average molecular weight is 310 g/mol. The standard InChI is InChI=1S/C15H19FN2O2S/c1-2-15(8-4-9-15)18-21(19,20)13-7-6-12(5-3-10-17)14(16)11-13/h6-7,11,18H,2,4,8-10,17H2,1H3. The second-order valence-electron chi connectivity index (χ2n) is 5.24. The molecule has 0 heterocycles. The summed E-state index contributed by atoms with van der Waals surface area (Å²) in [4.78, 5) is -0.0713. The molecule has 3 N–H and O–H groups in total.